The molecule has 20 heavy (non-hydrogen) atoms. The van der Waals surface area contributed by atoms with Gasteiger partial charge in [0.15, 0.2) is 5.76 Å². The third-order valence-electron chi connectivity index (χ3n) is 4.22. The zero-order valence-electron chi connectivity index (χ0n) is 13.0. The largest absolute Gasteiger partial charge is 0.542 e. The summed E-state index contributed by atoms with van der Waals surface area (Å²) in [6.45, 7) is 11.0. The molecule has 2 nitrogen and oxygen atoms in total. The summed E-state index contributed by atoms with van der Waals surface area (Å²) in [4.78, 5) is 12.7. The number of allylic oxidation sites excluding steroid dienone is 7. The predicted octanol–water partition coefficient (Wildman–Crippen LogP) is 4.05. The van der Waals surface area contributed by atoms with Crippen LogP contribution in [0.4, 0.5) is 0 Å². The van der Waals surface area contributed by atoms with Crippen LogP contribution < -0.4 is 0 Å². The van der Waals surface area contributed by atoms with Gasteiger partial charge >= 0.3 is 0 Å². The lowest BCUT2D eigenvalue weighted by atomic mass is 9.99. The van der Waals surface area contributed by atoms with E-state index in [0.717, 1.165) is 11.1 Å². The van der Waals surface area contributed by atoms with Crippen molar-refractivity contribution in [3.63, 3.8) is 0 Å². The standard InChI is InChI=1S/C16H22O2Si2/c1-6-9-20(5)13-10-11-7-8-12(18-19(2,3)4)15(17)14(11)16(13)20/h7-8,10H,6,9H2,1-5H3. The van der Waals surface area contributed by atoms with E-state index in [2.05, 4.69) is 45.3 Å². The molecule has 1 heterocycles. The Labute approximate surface area is 123 Å². The van der Waals surface area contributed by atoms with Crippen molar-refractivity contribution in [3.8, 4) is 0 Å². The maximum Gasteiger partial charge on any atom is 0.242 e. The van der Waals surface area contributed by atoms with E-state index in [4.69, 9.17) is 4.43 Å². The number of fused-ring (bicyclic) bond motifs is 2. The van der Waals surface area contributed by atoms with Gasteiger partial charge in [-0.25, -0.2) is 0 Å². The number of ketones is 1. The minimum Gasteiger partial charge on any atom is -0.542 e. The van der Waals surface area contributed by atoms with Gasteiger partial charge in [0, 0.05) is 5.57 Å². The zero-order chi connectivity index (χ0) is 14.7. The highest BCUT2D eigenvalue weighted by atomic mass is 28.4. The van der Waals surface area contributed by atoms with E-state index in [0.29, 0.717) is 5.76 Å². The van der Waals surface area contributed by atoms with Crippen molar-refractivity contribution >= 4 is 22.2 Å². The Morgan fingerprint density at radius 1 is 1.25 bits per heavy atom. The Bertz CT molecular complexity index is 629. The van der Waals surface area contributed by atoms with Gasteiger partial charge in [-0.05, 0) is 42.5 Å². The summed E-state index contributed by atoms with van der Waals surface area (Å²) in [6, 6.07) is 1.27. The predicted molar refractivity (Wildman–Crippen MR) is 87.4 cm³/mol. The number of hydrogen-bond donors (Lipinski definition) is 0. The van der Waals surface area contributed by atoms with E-state index in [1.54, 1.807) is 0 Å². The zero-order valence-corrected chi connectivity index (χ0v) is 15.0. The minimum atomic E-state index is -1.74. The highest BCUT2D eigenvalue weighted by Crippen LogP contribution is 2.58. The molecule has 0 bridgehead atoms. The first-order valence-corrected chi connectivity index (χ1v) is 13.5. The summed E-state index contributed by atoms with van der Waals surface area (Å²) in [6.07, 6.45) is 7.38. The van der Waals surface area contributed by atoms with Gasteiger partial charge in [-0.15, -0.1) is 0 Å². The maximum absolute atomic E-state index is 12.7. The molecule has 1 unspecified atom stereocenters. The van der Waals surface area contributed by atoms with Crippen LogP contribution in [-0.2, 0) is 9.22 Å². The third kappa shape index (κ3) is 1.93. The number of carbonyl (C=O) groups is 1. The van der Waals surface area contributed by atoms with E-state index in [9.17, 15) is 4.79 Å². The van der Waals surface area contributed by atoms with E-state index in [-0.39, 0.29) is 5.78 Å². The van der Waals surface area contributed by atoms with Gasteiger partial charge in [0.25, 0.3) is 0 Å². The molecule has 0 aromatic rings. The molecule has 4 heteroatoms. The lowest BCUT2D eigenvalue weighted by Gasteiger charge is -2.23. The fraction of sp³-hybridized carbons (Fsp3) is 0.438. The Kier molecular flexibility index (Phi) is 2.89. The van der Waals surface area contributed by atoms with Crippen LogP contribution in [0, 0.1) is 0 Å². The molecule has 3 aliphatic rings. The van der Waals surface area contributed by atoms with Crippen LogP contribution >= 0.6 is 0 Å². The lowest BCUT2D eigenvalue weighted by Crippen LogP contribution is -2.29. The monoisotopic (exact) mass is 302 g/mol. The second kappa shape index (κ2) is 4.18. The Balaban J connectivity index is 1.94. The molecule has 1 aliphatic heterocycles. The molecule has 2 aliphatic carbocycles. The maximum atomic E-state index is 12.7. The normalized spacial score (nSPS) is 27.6. The first-order chi connectivity index (χ1) is 9.28. The van der Waals surface area contributed by atoms with Crippen LogP contribution in [0.15, 0.2) is 45.5 Å². The topological polar surface area (TPSA) is 26.3 Å². The first-order valence-electron chi connectivity index (χ1n) is 7.41. The molecule has 0 aromatic heterocycles. The molecule has 1 atom stereocenters. The SMILES string of the molecule is CCC[Si]1(C)C2=CC3=CC=C(O[Si](C)(C)C)C(=O)C3=C21. The van der Waals surface area contributed by atoms with Crippen LogP contribution in [0.3, 0.4) is 0 Å². The van der Waals surface area contributed by atoms with Crippen molar-refractivity contribution in [3.05, 3.63) is 45.5 Å². The molecular weight excluding hydrogens is 280 g/mol. The molecule has 0 aromatic carbocycles. The van der Waals surface area contributed by atoms with Gasteiger partial charge in [-0.1, -0.05) is 37.2 Å². The van der Waals surface area contributed by atoms with Gasteiger partial charge in [0.1, 0.15) is 8.07 Å². The molecule has 0 N–H and O–H groups in total. The minimum absolute atomic E-state index is 0.124. The number of Topliss-reactive ketones (excluding diaryl/α,β-unsaturated/α-hetero) is 1. The second-order valence-corrected chi connectivity index (χ2v) is 15.7. The van der Waals surface area contributed by atoms with E-state index < -0.39 is 16.4 Å². The van der Waals surface area contributed by atoms with Gasteiger partial charge in [0.2, 0.25) is 14.1 Å². The third-order valence-corrected chi connectivity index (χ3v) is 9.51. The highest BCUT2D eigenvalue weighted by Gasteiger charge is 2.58. The summed E-state index contributed by atoms with van der Waals surface area (Å²) in [5.41, 5.74) is 2.09. The Hall–Kier alpha value is -1.14. The second-order valence-electron chi connectivity index (χ2n) is 7.09. The number of rotatable bonds is 4. The van der Waals surface area contributed by atoms with E-state index >= 15 is 0 Å². The fourth-order valence-electron chi connectivity index (χ4n) is 3.36. The van der Waals surface area contributed by atoms with Crippen molar-refractivity contribution in [2.45, 2.75) is 45.6 Å². The molecule has 106 valence electrons. The first kappa shape index (κ1) is 13.8. The Morgan fingerprint density at radius 3 is 2.55 bits per heavy atom. The van der Waals surface area contributed by atoms with Crippen LogP contribution in [0.2, 0.25) is 32.2 Å². The van der Waals surface area contributed by atoms with Crippen LogP contribution in [0.5, 0.6) is 0 Å². The molecule has 0 spiro atoms. The number of hydrogen-bond acceptors (Lipinski definition) is 2. The van der Waals surface area contributed by atoms with Gasteiger partial charge in [0.05, 0.1) is 0 Å². The van der Waals surface area contributed by atoms with E-state index in [1.165, 1.54) is 22.9 Å². The average Bonchev–Trinajstić information content (AvgIpc) is 2.71. The van der Waals surface area contributed by atoms with Crippen molar-refractivity contribution in [1.82, 2.24) is 0 Å². The van der Waals surface area contributed by atoms with Crippen LogP contribution in [0.25, 0.3) is 0 Å². The lowest BCUT2D eigenvalue weighted by molar-refractivity contribution is -0.114. The summed E-state index contributed by atoms with van der Waals surface area (Å²) in [5.74, 6) is 0.684. The molecule has 0 saturated carbocycles. The van der Waals surface area contributed by atoms with Crippen molar-refractivity contribution in [2.24, 2.45) is 0 Å². The molecular formula is C16H22O2Si2. The summed E-state index contributed by atoms with van der Waals surface area (Å²) >= 11 is 0. The quantitative estimate of drug-likeness (QED) is 0.732. The molecule has 1 saturated heterocycles. The average molecular weight is 303 g/mol. The molecule has 0 radical (unpaired) electrons. The van der Waals surface area contributed by atoms with Crippen molar-refractivity contribution in [2.75, 3.05) is 0 Å². The van der Waals surface area contributed by atoms with Gasteiger partial charge < -0.3 is 4.43 Å². The number of carbonyl (C=O) groups excluding carboxylic acids is 1. The van der Waals surface area contributed by atoms with Crippen molar-refractivity contribution < 1.29 is 9.22 Å². The van der Waals surface area contributed by atoms with Crippen LogP contribution in [-0.4, -0.2) is 22.2 Å². The smallest absolute Gasteiger partial charge is 0.242 e. The van der Waals surface area contributed by atoms with Crippen LogP contribution in [0.1, 0.15) is 13.3 Å². The van der Waals surface area contributed by atoms with Gasteiger partial charge in [-0.2, -0.15) is 0 Å². The summed E-state index contributed by atoms with van der Waals surface area (Å²) < 4.78 is 5.96. The van der Waals surface area contributed by atoms with Gasteiger partial charge in [-0.3, -0.25) is 4.79 Å². The molecule has 1 fully saturated rings. The highest BCUT2D eigenvalue weighted by molar-refractivity contribution is 7.07. The Morgan fingerprint density at radius 2 is 1.95 bits per heavy atom. The molecule has 0 amide bonds. The van der Waals surface area contributed by atoms with Crippen molar-refractivity contribution in [1.29, 1.82) is 0 Å². The molecule has 3 rings (SSSR count). The summed E-state index contributed by atoms with van der Waals surface area (Å²) in [5, 5.41) is 2.93. The summed E-state index contributed by atoms with van der Waals surface area (Å²) in [7, 11) is -3.12. The van der Waals surface area contributed by atoms with E-state index in [1.807, 2.05) is 6.08 Å². The fourth-order valence-corrected chi connectivity index (χ4v) is 8.71.